The third-order valence-corrected chi connectivity index (χ3v) is 1.81. The van der Waals surface area contributed by atoms with E-state index in [0.29, 0.717) is 0 Å². The van der Waals surface area contributed by atoms with Crippen molar-refractivity contribution in [2.75, 3.05) is 13.6 Å². The van der Waals surface area contributed by atoms with Crippen LogP contribution in [0, 0.1) is 0 Å². The molecule has 1 heterocycles. The first-order valence-corrected chi connectivity index (χ1v) is 4.36. The van der Waals surface area contributed by atoms with Gasteiger partial charge in [-0.15, -0.1) is 0 Å². The Morgan fingerprint density at radius 1 is 1.67 bits per heavy atom. The molecule has 0 fully saturated rings. The number of nitrogens with zero attached hydrogens (tertiary/aromatic N) is 2. The number of halogens is 2. The van der Waals surface area contributed by atoms with E-state index in [2.05, 4.69) is 15.6 Å². The Labute approximate surface area is 85.5 Å². The molecule has 2 N–H and O–H groups in total. The van der Waals surface area contributed by atoms with Gasteiger partial charge in [-0.1, -0.05) is 0 Å². The van der Waals surface area contributed by atoms with Gasteiger partial charge in [0.15, 0.2) is 0 Å². The van der Waals surface area contributed by atoms with Gasteiger partial charge in [0.1, 0.15) is 5.82 Å². The van der Waals surface area contributed by atoms with Crippen LogP contribution in [-0.4, -0.2) is 29.1 Å². The predicted molar refractivity (Wildman–Crippen MR) is 49.3 cm³/mol. The monoisotopic (exact) mass is 218 g/mol. The lowest BCUT2D eigenvalue weighted by molar-refractivity contribution is -0.119. The van der Waals surface area contributed by atoms with Crippen LogP contribution in [0.25, 0.3) is 0 Å². The fourth-order valence-electron chi connectivity index (χ4n) is 1.03. The highest BCUT2D eigenvalue weighted by molar-refractivity contribution is 5.77. The van der Waals surface area contributed by atoms with E-state index in [0.717, 1.165) is 4.57 Å². The molecule has 0 aliphatic rings. The van der Waals surface area contributed by atoms with Crippen LogP contribution < -0.4 is 10.6 Å². The van der Waals surface area contributed by atoms with Crippen molar-refractivity contribution >= 4 is 5.91 Å². The van der Waals surface area contributed by atoms with Crippen LogP contribution in [0.1, 0.15) is 12.4 Å². The van der Waals surface area contributed by atoms with Gasteiger partial charge in [-0.25, -0.2) is 4.98 Å². The average Bonchev–Trinajstić information content (AvgIpc) is 2.65. The quantitative estimate of drug-likeness (QED) is 0.737. The topological polar surface area (TPSA) is 59.0 Å². The molecule has 1 aromatic heterocycles. The Kier molecular flexibility index (Phi) is 4.17. The molecule has 0 saturated heterocycles. The lowest BCUT2D eigenvalue weighted by atomic mass is 10.5. The summed E-state index contributed by atoms with van der Waals surface area (Å²) in [6.07, 6.45) is 2.49. The van der Waals surface area contributed by atoms with Crippen LogP contribution in [0.4, 0.5) is 8.78 Å². The number of carbonyl (C=O) groups is 1. The van der Waals surface area contributed by atoms with Crippen molar-refractivity contribution in [1.29, 1.82) is 0 Å². The summed E-state index contributed by atoms with van der Waals surface area (Å²) >= 11 is 0. The summed E-state index contributed by atoms with van der Waals surface area (Å²) in [5, 5.41) is 5.11. The molecule has 1 aromatic rings. The number of alkyl halides is 2. The standard InChI is InChI=1S/C8H12F2N4O/c1-11-7(15)5-12-4-6-13-2-3-14(6)8(9)10/h2-3,8,12H,4-5H2,1H3,(H,11,15). The van der Waals surface area contributed by atoms with Gasteiger partial charge >= 0.3 is 6.55 Å². The van der Waals surface area contributed by atoms with Gasteiger partial charge in [0.25, 0.3) is 0 Å². The molecule has 0 aromatic carbocycles. The summed E-state index contributed by atoms with van der Waals surface area (Å²) in [5.74, 6) is -0.000874. The van der Waals surface area contributed by atoms with E-state index in [9.17, 15) is 13.6 Å². The van der Waals surface area contributed by atoms with E-state index in [1.807, 2.05) is 0 Å². The minimum Gasteiger partial charge on any atom is -0.358 e. The van der Waals surface area contributed by atoms with Crippen LogP contribution in [0.3, 0.4) is 0 Å². The maximum absolute atomic E-state index is 12.3. The number of amides is 1. The molecule has 0 saturated carbocycles. The van der Waals surface area contributed by atoms with Crippen molar-refractivity contribution in [3.63, 3.8) is 0 Å². The first-order chi connectivity index (χ1) is 7.15. The summed E-state index contributed by atoms with van der Waals surface area (Å²) in [6, 6.07) is 0. The van der Waals surface area contributed by atoms with E-state index in [1.54, 1.807) is 0 Å². The summed E-state index contributed by atoms with van der Waals surface area (Å²) < 4.78 is 25.4. The molecule has 15 heavy (non-hydrogen) atoms. The molecule has 7 heteroatoms. The van der Waals surface area contributed by atoms with E-state index in [1.165, 1.54) is 19.4 Å². The molecule has 1 amide bonds. The van der Waals surface area contributed by atoms with Crippen LogP contribution >= 0.6 is 0 Å². The summed E-state index contributed by atoms with van der Waals surface area (Å²) in [5.41, 5.74) is 0. The van der Waals surface area contributed by atoms with Gasteiger partial charge in [0, 0.05) is 19.4 Å². The summed E-state index contributed by atoms with van der Waals surface area (Å²) in [6.45, 7) is -2.40. The molecule has 0 aliphatic carbocycles. The first-order valence-electron chi connectivity index (χ1n) is 4.36. The molecule has 0 aliphatic heterocycles. The van der Waals surface area contributed by atoms with Crippen molar-refractivity contribution in [2.45, 2.75) is 13.1 Å². The zero-order chi connectivity index (χ0) is 11.3. The van der Waals surface area contributed by atoms with Crippen LogP contribution in [0.15, 0.2) is 12.4 Å². The van der Waals surface area contributed by atoms with Crippen LogP contribution in [0.2, 0.25) is 0 Å². The minimum absolute atomic E-state index is 0.0760. The average molecular weight is 218 g/mol. The number of likely N-dealkylation sites (N-methyl/N-ethyl adjacent to an activating group) is 1. The predicted octanol–water partition coefficient (Wildman–Crippen LogP) is 0.114. The fraction of sp³-hybridized carbons (Fsp3) is 0.500. The number of aromatic nitrogens is 2. The zero-order valence-corrected chi connectivity index (χ0v) is 8.20. The van der Waals surface area contributed by atoms with Crippen molar-refractivity contribution in [2.24, 2.45) is 0 Å². The third-order valence-electron chi connectivity index (χ3n) is 1.81. The van der Waals surface area contributed by atoms with Gasteiger partial charge in [-0.3, -0.25) is 9.36 Å². The fourth-order valence-corrected chi connectivity index (χ4v) is 1.03. The van der Waals surface area contributed by atoms with Crippen molar-refractivity contribution < 1.29 is 13.6 Å². The maximum atomic E-state index is 12.3. The summed E-state index contributed by atoms with van der Waals surface area (Å²) in [7, 11) is 1.50. The molecule has 0 unspecified atom stereocenters. The van der Waals surface area contributed by atoms with Crippen molar-refractivity contribution in [3.05, 3.63) is 18.2 Å². The molecule has 1 rings (SSSR count). The lowest BCUT2D eigenvalue weighted by Crippen LogP contribution is -2.31. The lowest BCUT2D eigenvalue weighted by Gasteiger charge is -2.06. The van der Waals surface area contributed by atoms with E-state index >= 15 is 0 Å². The number of hydrogen-bond donors (Lipinski definition) is 2. The van der Waals surface area contributed by atoms with E-state index < -0.39 is 6.55 Å². The number of rotatable bonds is 5. The maximum Gasteiger partial charge on any atom is 0.319 e. The highest BCUT2D eigenvalue weighted by atomic mass is 19.3. The highest BCUT2D eigenvalue weighted by Crippen LogP contribution is 2.11. The second-order valence-corrected chi connectivity index (χ2v) is 2.81. The SMILES string of the molecule is CNC(=O)CNCc1nccn1C(F)F. The molecule has 0 bridgehead atoms. The van der Waals surface area contributed by atoms with Gasteiger partial charge < -0.3 is 10.6 Å². The van der Waals surface area contributed by atoms with E-state index in [-0.39, 0.29) is 24.8 Å². The molecular weight excluding hydrogens is 206 g/mol. The van der Waals surface area contributed by atoms with Crippen LogP contribution in [0.5, 0.6) is 0 Å². The minimum atomic E-state index is -2.61. The Morgan fingerprint density at radius 2 is 2.40 bits per heavy atom. The van der Waals surface area contributed by atoms with Gasteiger partial charge in [-0.05, 0) is 0 Å². The molecule has 0 radical (unpaired) electrons. The van der Waals surface area contributed by atoms with Gasteiger partial charge in [0.2, 0.25) is 5.91 Å². The van der Waals surface area contributed by atoms with Gasteiger partial charge in [0.05, 0.1) is 13.1 Å². The number of imidazole rings is 1. The first kappa shape index (κ1) is 11.6. The van der Waals surface area contributed by atoms with Crippen molar-refractivity contribution in [3.8, 4) is 0 Å². The Balaban J connectivity index is 2.43. The smallest absolute Gasteiger partial charge is 0.319 e. The van der Waals surface area contributed by atoms with Gasteiger partial charge in [-0.2, -0.15) is 8.78 Å². The Bertz CT molecular complexity index is 326. The number of carbonyl (C=O) groups excluding carboxylic acids is 1. The molecule has 0 atom stereocenters. The molecule has 5 nitrogen and oxygen atoms in total. The summed E-state index contributed by atoms with van der Waals surface area (Å²) in [4.78, 5) is 14.6. The second-order valence-electron chi connectivity index (χ2n) is 2.81. The van der Waals surface area contributed by atoms with Crippen molar-refractivity contribution in [1.82, 2.24) is 20.2 Å². The highest BCUT2D eigenvalue weighted by Gasteiger charge is 2.10. The normalized spacial score (nSPS) is 10.7. The Hall–Kier alpha value is -1.50. The van der Waals surface area contributed by atoms with E-state index in [4.69, 9.17) is 0 Å². The van der Waals surface area contributed by atoms with Crippen LogP contribution in [-0.2, 0) is 11.3 Å². The molecule has 84 valence electrons. The second kappa shape index (κ2) is 5.40. The largest absolute Gasteiger partial charge is 0.358 e. The number of nitrogens with one attached hydrogen (secondary N) is 2. The number of hydrogen-bond acceptors (Lipinski definition) is 3. The zero-order valence-electron chi connectivity index (χ0n) is 8.20. The third kappa shape index (κ3) is 3.28. The molecule has 0 spiro atoms. The Morgan fingerprint density at radius 3 is 3.00 bits per heavy atom. The molecular formula is C8H12F2N4O.